The van der Waals surface area contributed by atoms with Crippen molar-refractivity contribution in [3.8, 4) is 17.0 Å². The number of aryl methyl sites for hydroxylation is 1. The highest BCUT2D eigenvalue weighted by Crippen LogP contribution is 2.43. The van der Waals surface area contributed by atoms with E-state index in [1.165, 1.54) is 6.07 Å². The highest BCUT2D eigenvalue weighted by Gasteiger charge is 2.36. The molecule has 1 saturated heterocycles. The Morgan fingerprint density at radius 2 is 1.84 bits per heavy atom. The number of anilines is 1. The molecule has 0 unspecified atom stereocenters. The van der Waals surface area contributed by atoms with Crippen LogP contribution in [0.1, 0.15) is 77.7 Å². The van der Waals surface area contributed by atoms with Crippen LogP contribution in [0.5, 0.6) is 5.88 Å². The van der Waals surface area contributed by atoms with E-state index in [2.05, 4.69) is 40.9 Å². The molecule has 1 N–H and O–H groups in total. The Kier molecular flexibility index (Phi) is 8.12. The highest BCUT2D eigenvalue weighted by molar-refractivity contribution is 5.86. The third-order valence-electron chi connectivity index (χ3n) is 7.36. The molecule has 1 fully saturated rings. The number of piperidine rings is 1. The van der Waals surface area contributed by atoms with Crippen LogP contribution >= 0.6 is 0 Å². The van der Waals surface area contributed by atoms with E-state index in [1.807, 2.05) is 20.8 Å². The highest BCUT2D eigenvalue weighted by atomic mass is 19.1. The van der Waals surface area contributed by atoms with Crippen molar-refractivity contribution < 1.29 is 23.8 Å². The van der Waals surface area contributed by atoms with Crippen molar-refractivity contribution in [2.75, 3.05) is 24.6 Å². The van der Waals surface area contributed by atoms with E-state index < -0.39 is 23.5 Å². The van der Waals surface area contributed by atoms with E-state index in [4.69, 9.17) is 9.47 Å². The monoisotopic (exact) mass is 525 g/mol. The normalized spacial score (nSPS) is 18.6. The first kappa shape index (κ1) is 28.0. The molecule has 4 rings (SSSR count). The lowest BCUT2D eigenvalue weighted by molar-refractivity contribution is -0.160. The van der Waals surface area contributed by atoms with Crippen LogP contribution in [-0.2, 0) is 9.53 Å². The lowest BCUT2D eigenvalue weighted by atomic mass is 9.82. The Bertz CT molecular complexity index is 1190. The molecule has 0 saturated carbocycles. The second-order valence-corrected chi connectivity index (χ2v) is 12.3. The van der Waals surface area contributed by atoms with Crippen LogP contribution < -0.4 is 9.64 Å². The number of allylic oxidation sites excluding steroid dienone is 2. The molecular weight excluding hydrogens is 485 g/mol. The summed E-state index contributed by atoms with van der Waals surface area (Å²) in [5.74, 6) is -1.33. The molecule has 1 aliphatic heterocycles. The molecule has 7 nitrogen and oxygen atoms in total. The van der Waals surface area contributed by atoms with E-state index in [0.29, 0.717) is 34.9 Å². The number of aromatic nitrogens is 2. The molecule has 1 aliphatic carbocycles. The first-order valence-electron chi connectivity index (χ1n) is 13.4. The predicted molar refractivity (Wildman–Crippen MR) is 146 cm³/mol. The lowest BCUT2D eigenvalue weighted by Gasteiger charge is -2.40. The number of nitrogens with zero attached hydrogens (tertiary/aromatic N) is 3. The van der Waals surface area contributed by atoms with Crippen molar-refractivity contribution in [2.45, 2.75) is 78.9 Å². The summed E-state index contributed by atoms with van der Waals surface area (Å²) in [5, 5.41) is 10.2. The number of ether oxygens (including phenoxy) is 2. The maximum absolute atomic E-state index is 15.2. The Balaban J connectivity index is 1.77. The standard InChI is InChI=1S/C30H40FN3O4/c1-19-24(26(28(35)36)38-29(2,3)4)25(34-13-11-30(5,6)12-14-34)22(17-32-19)21-15-23(31)27(33-16-21)37-18-20-9-7-8-10-20/h7-8,15-17,20,26H,9-14,18H2,1-6H3,(H,35,36)/t26-/m0/s1. The molecule has 2 aromatic rings. The molecule has 38 heavy (non-hydrogen) atoms. The molecule has 8 heteroatoms. The number of carboxylic acids is 1. The Morgan fingerprint density at radius 1 is 1.18 bits per heavy atom. The van der Waals surface area contributed by atoms with Crippen LogP contribution in [-0.4, -0.2) is 46.3 Å². The van der Waals surface area contributed by atoms with E-state index in [9.17, 15) is 9.90 Å². The van der Waals surface area contributed by atoms with Gasteiger partial charge < -0.3 is 19.5 Å². The summed E-state index contributed by atoms with van der Waals surface area (Å²) >= 11 is 0. The number of carbonyl (C=O) groups is 1. The maximum Gasteiger partial charge on any atom is 0.337 e. The summed E-state index contributed by atoms with van der Waals surface area (Å²) in [6, 6.07) is 1.41. The first-order valence-corrected chi connectivity index (χ1v) is 13.4. The number of aliphatic carboxylic acids is 1. The first-order chi connectivity index (χ1) is 17.8. The number of rotatable bonds is 8. The van der Waals surface area contributed by atoms with Crippen LogP contribution in [0.15, 0.2) is 30.6 Å². The average molecular weight is 526 g/mol. The van der Waals surface area contributed by atoms with Crippen molar-refractivity contribution in [1.29, 1.82) is 0 Å². The summed E-state index contributed by atoms with van der Waals surface area (Å²) < 4.78 is 27.0. The minimum atomic E-state index is -1.23. The largest absolute Gasteiger partial charge is 0.479 e. The van der Waals surface area contributed by atoms with E-state index in [1.54, 1.807) is 19.3 Å². The molecular formula is C30H40FN3O4. The molecule has 2 aliphatic rings. The van der Waals surface area contributed by atoms with Gasteiger partial charge in [0.05, 0.1) is 17.9 Å². The summed E-state index contributed by atoms with van der Waals surface area (Å²) in [4.78, 5) is 23.6. The number of hydrogen-bond acceptors (Lipinski definition) is 6. The van der Waals surface area contributed by atoms with Crippen LogP contribution in [0.4, 0.5) is 10.1 Å². The number of hydrogen-bond donors (Lipinski definition) is 1. The van der Waals surface area contributed by atoms with Crippen LogP contribution in [0.25, 0.3) is 11.1 Å². The van der Waals surface area contributed by atoms with Gasteiger partial charge in [0.2, 0.25) is 5.88 Å². The molecule has 0 spiro atoms. The molecule has 206 valence electrons. The minimum absolute atomic E-state index is 0.0262. The van der Waals surface area contributed by atoms with Gasteiger partial charge in [-0.25, -0.2) is 14.2 Å². The van der Waals surface area contributed by atoms with Gasteiger partial charge in [-0.05, 0) is 70.8 Å². The molecule has 1 atom stereocenters. The quantitative estimate of drug-likeness (QED) is 0.394. The predicted octanol–water partition coefficient (Wildman–Crippen LogP) is 6.50. The number of halogens is 1. The van der Waals surface area contributed by atoms with E-state index in [-0.39, 0.29) is 11.3 Å². The van der Waals surface area contributed by atoms with Crippen molar-refractivity contribution in [3.63, 3.8) is 0 Å². The second kappa shape index (κ2) is 11.0. The van der Waals surface area contributed by atoms with Crippen LogP contribution in [0.3, 0.4) is 0 Å². The molecule has 0 radical (unpaired) electrons. The van der Waals surface area contributed by atoms with E-state index in [0.717, 1.165) is 44.5 Å². The minimum Gasteiger partial charge on any atom is -0.479 e. The van der Waals surface area contributed by atoms with Crippen molar-refractivity contribution in [2.24, 2.45) is 11.3 Å². The Hall–Kier alpha value is -3.00. The third kappa shape index (κ3) is 6.52. The second-order valence-electron chi connectivity index (χ2n) is 12.3. The average Bonchev–Trinajstić information content (AvgIpc) is 3.35. The molecule has 2 aromatic heterocycles. The number of pyridine rings is 2. The zero-order chi connectivity index (χ0) is 27.7. The van der Waals surface area contributed by atoms with Crippen molar-refractivity contribution in [3.05, 3.63) is 47.7 Å². The van der Waals surface area contributed by atoms with Gasteiger partial charge in [-0.1, -0.05) is 26.0 Å². The lowest BCUT2D eigenvalue weighted by Crippen LogP contribution is -2.39. The molecule has 0 amide bonds. The van der Waals surface area contributed by atoms with Gasteiger partial charge in [0.25, 0.3) is 0 Å². The van der Waals surface area contributed by atoms with Gasteiger partial charge in [0.1, 0.15) is 0 Å². The summed E-state index contributed by atoms with van der Waals surface area (Å²) in [7, 11) is 0. The van der Waals surface area contributed by atoms with E-state index >= 15 is 4.39 Å². The third-order valence-corrected chi connectivity index (χ3v) is 7.36. The Labute approximate surface area is 225 Å². The van der Waals surface area contributed by atoms with Crippen molar-refractivity contribution in [1.82, 2.24) is 9.97 Å². The molecule has 0 aromatic carbocycles. The fraction of sp³-hybridized carbons (Fsp3) is 0.567. The molecule has 0 bridgehead atoms. The zero-order valence-corrected chi connectivity index (χ0v) is 23.4. The fourth-order valence-electron chi connectivity index (χ4n) is 5.08. The van der Waals surface area contributed by atoms with Gasteiger partial charge in [-0.15, -0.1) is 0 Å². The summed E-state index contributed by atoms with van der Waals surface area (Å²) in [6.07, 6.45) is 10.0. The zero-order valence-electron chi connectivity index (χ0n) is 23.4. The van der Waals surface area contributed by atoms with Gasteiger partial charge >= 0.3 is 5.97 Å². The van der Waals surface area contributed by atoms with Crippen molar-refractivity contribution >= 4 is 11.7 Å². The van der Waals surface area contributed by atoms with Gasteiger partial charge in [0.15, 0.2) is 11.9 Å². The Morgan fingerprint density at radius 3 is 2.42 bits per heavy atom. The van der Waals surface area contributed by atoms with Crippen LogP contribution in [0.2, 0.25) is 0 Å². The molecule has 3 heterocycles. The topological polar surface area (TPSA) is 84.8 Å². The fourth-order valence-corrected chi connectivity index (χ4v) is 5.08. The van der Waals surface area contributed by atoms with Gasteiger partial charge in [0, 0.05) is 47.9 Å². The SMILES string of the molecule is Cc1ncc(-c2cnc(OCC3CC=CC3)c(F)c2)c(N2CCC(C)(C)CC2)c1[C@H](OC(C)(C)C)C(=O)O. The smallest absolute Gasteiger partial charge is 0.337 e. The van der Waals surface area contributed by atoms with Crippen LogP contribution in [0, 0.1) is 24.1 Å². The van der Waals surface area contributed by atoms with Gasteiger partial charge in [-0.3, -0.25) is 4.98 Å². The summed E-state index contributed by atoms with van der Waals surface area (Å²) in [6.45, 7) is 13.7. The summed E-state index contributed by atoms with van der Waals surface area (Å²) in [5.41, 5.74) is 2.43. The van der Waals surface area contributed by atoms with Gasteiger partial charge in [-0.2, -0.15) is 0 Å². The number of carboxylic acid groups (broad SMARTS) is 1. The maximum atomic E-state index is 15.2.